The van der Waals surface area contributed by atoms with Crippen LogP contribution < -0.4 is 0 Å². The van der Waals surface area contributed by atoms with E-state index in [1.807, 2.05) is 18.2 Å². The molecule has 16 heavy (non-hydrogen) atoms. The van der Waals surface area contributed by atoms with Crippen molar-refractivity contribution >= 4 is 0 Å². The van der Waals surface area contributed by atoms with Gasteiger partial charge in [-0.2, -0.15) is 0 Å². The standard InChI is InChI=1S/C14H16N2/c1-16(2)11-13-9-6-10-14(15-13)12-7-4-3-5-8-12/h3-10H,11H2,1-2H3. The Bertz CT molecular complexity index is 449. The topological polar surface area (TPSA) is 16.1 Å². The molecule has 2 heteroatoms. The Labute approximate surface area is 96.6 Å². The molecule has 1 heterocycles. The van der Waals surface area contributed by atoms with Crippen LogP contribution in [0.4, 0.5) is 0 Å². The first kappa shape index (κ1) is 10.8. The molecule has 82 valence electrons. The van der Waals surface area contributed by atoms with Gasteiger partial charge in [0.15, 0.2) is 0 Å². The number of hydrogen-bond acceptors (Lipinski definition) is 2. The van der Waals surface area contributed by atoms with Gasteiger partial charge in [0, 0.05) is 12.1 Å². The first-order chi connectivity index (χ1) is 7.75. The zero-order valence-corrected chi connectivity index (χ0v) is 9.72. The molecule has 1 aromatic carbocycles. The summed E-state index contributed by atoms with van der Waals surface area (Å²) in [5.41, 5.74) is 3.31. The number of pyridine rings is 1. The van der Waals surface area contributed by atoms with E-state index >= 15 is 0 Å². The molecule has 0 aliphatic rings. The van der Waals surface area contributed by atoms with Crippen LogP contribution >= 0.6 is 0 Å². The Morgan fingerprint density at radius 2 is 1.69 bits per heavy atom. The van der Waals surface area contributed by atoms with Gasteiger partial charge in [-0.15, -0.1) is 0 Å². The summed E-state index contributed by atoms with van der Waals surface area (Å²) in [6.45, 7) is 0.876. The molecule has 0 aliphatic heterocycles. The lowest BCUT2D eigenvalue weighted by Crippen LogP contribution is -2.11. The van der Waals surface area contributed by atoms with Gasteiger partial charge in [-0.25, -0.2) is 0 Å². The van der Waals surface area contributed by atoms with E-state index in [0.717, 1.165) is 17.9 Å². The lowest BCUT2D eigenvalue weighted by atomic mass is 10.1. The molecule has 0 N–H and O–H groups in total. The van der Waals surface area contributed by atoms with E-state index in [1.165, 1.54) is 5.56 Å². The molecule has 0 saturated carbocycles. The smallest absolute Gasteiger partial charge is 0.0705 e. The molecule has 0 unspecified atom stereocenters. The number of nitrogens with zero attached hydrogens (tertiary/aromatic N) is 2. The van der Waals surface area contributed by atoms with Gasteiger partial charge in [0.2, 0.25) is 0 Å². The lowest BCUT2D eigenvalue weighted by Gasteiger charge is -2.09. The lowest BCUT2D eigenvalue weighted by molar-refractivity contribution is 0.397. The summed E-state index contributed by atoms with van der Waals surface area (Å²) in [5, 5.41) is 0. The van der Waals surface area contributed by atoms with Crippen LogP contribution in [-0.4, -0.2) is 24.0 Å². The summed E-state index contributed by atoms with van der Waals surface area (Å²) in [7, 11) is 4.10. The van der Waals surface area contributed by atoms with Crippen LogP contribution in [0.5, 0.6) is 0 Å². The fourth-order valence-electron chi connectivity index (χ4n) is 1.66. The highest BCUT2D eigenvalue weighted by molar-refractivity contribution is 5.58. The summed E-state index contributed by atoms with van der Waals surface area (Å²) < 4.78 is 0. The average Bonchev–Trinajstić information content (AvgIpc) is 2.30. The third kappa shape index (κ3) is 2.67. The molecule has 1 aromatic heterocycles. The van der Waals surface area contributed by atoms with Crippen molar-refractivity contribution in [1.82, 2.24) is 9.88 Å². The first-order valence-electron chi connectivity index (χ1n) is 5.42. The van der Waals surface area contributed by atoms with Gasteiger partial charge >= 0.3 is 0 Å². The Morgan fingerprint density at radius 1 is 0.938 bits per heavy atom. The van der Waals surface area contributed by atoms with Crippen molar-refractivity contribution in [3.8, 4) is 11.3 Å². The highest BCUT2D eigenvalue weighted by Gasteiger charge is 2.01. The zero-order chi connectivity index (χ0) is 11.4. The molecule has 0 fully saturated rings. The maximum Gasteiger partial charge on any atom is 0.0705 e. The summed E-state index contributed by atoms with van der Waals surface area (Å²) >= 11 is 0. The maximum atomic E-state index is 4.64. The van der Waals surface area contributed by atoms with Gasteiger partial charge in [0.05, 0.1) is 11.4 Å². The second-order valence-corrected chi connectivity index (χ2v) is 4.12. The number of hydrogen-bond donors (Lipinski definition) is 0. The monoisotopic (exact) mass is 212 g/mol. The fraction of sp³-hybridized carbons (Fsp3) is 0.214. The second kappa shape index (κ2) is 4.90. The van der Waals surface area contributed by atoms with E-state index in [2.05, 4.69) is 54.3 Å². The van der Waals surface area contributed by atoms with Crippen molar-refractivity contribution in [2.24, 2.45) is 0 Å². The summed E-state index contributed by atoms with van der Waals surface area (Å²) in [6.07, 6.45) is 0. The summed E-state index contributed by atoms with van der Waals surface area (Å²) in [6, 6.07) is 16.4. The van der Waals surface area contributed by atoms with Crippen LogP contribution in [0.1, 0.15) is 5.69 Å². The van der Waals surface area contributed by atoms with Crippen molar-refractivity contribution in [3.05, 3.63) is 54.2 Å². The van der Waals surface area contributed by atoms with E-state index in [1.54, 1.807) is 0 Å². The van der Waals surface area contributed by atoms with E-state index in [-0.39, 0.29) is 0 Å². The quantitative estimate of drug-likeness (QED) is 0.777. The van der Waals surface area contributed by atoms with Crippen LogP contribution in [0.25, 0.3) is 11.3 Å². The van der Waals surface area contributed by atoms with Crippen molar-refractivity contribution in [2.45, 2.75) is 6.54 Å². The van der Waals surface area contributed by atoms with Crippen LogP contribution in [0.3, 0.4) is 0 Å². The summed E-state index contributed by atoms with van der Waals surface area (Å²) in [4.78, 5) is 6.76. The highest BCUT2D eigenvalue weighted by Crippen LogP contribution is 2.16. The fourth-order valence-corrected chi connectivity index (χ4v) is 1.66. The van der Waals surface area contributed by atoms with Gasteiger partial charge in [-0.1, -0.05) is 36.4 Å². The normalized spacial score (nSPS) is 10.7. The predicted octanol–water partition coefficient (Wildman–Crippen LogP) is 2.81. The highest BCUT2D eigenvalue weighted by atomic mass is 15.1. The molecule has 0 atom stereocenters. The van der Waals surface area contributed by atoms with E-state index in [0.29, 0.717) is 0 Å². The third-order valence-electron chi connectivity index (χ3n) is 2.35. The molecule has 2 rings (SSSR count). The van der Waals surface area contributed by atoms with Gasteiger partial charge < -0.3 is 4.90 Å². The van der Waals surface area contributed by atoms with Crippen molar-refractivity contribution in [1.29, 1.82) is 0 Å². The van der Waals surface area contributed by atoms with Crippen molar-refractivity contribution in [3.63, 3.8) is 0 Å². The molecule has 0 bridgehead atoms. The molecular formula is C14H16N2. The molecular weight excluding hydrogens is 196 g/mol. The summed E-state index contributed by atoms with van der Waals surface area (Å²) in [5.74, 6) is 0. The number of aromatic nitrogens is 1. The predicted molar refractivity (Wildman–Crippen MR) is 67.1 cm³/mol. The average molecular weight is 212 g/mol. The largest absolute Gasteiger partial charge is 0.304 e. The van der Waals surface area contributed by atoms with Crippen molar-refractivity contribution in [2.75, 3.05) is 14.1 Å². The molecule has 0 spiro atoms. The van der Waals surface area contributed by atoms with Gasteiger partial charge in [0.1, 0.15) is 0 Å². The molecule has 0 saturated heterocycles. The SMILES string of the molecule is CN(C)Cc1cccc(-c2ccccc2)n1. The number of benzene rings is 1. The molecule has 0 amide bonds. The Balaban J connectivity index is 2.29. The van der Waals surface area contributed by atoms with E-state index in [9.17, 15) is 0 Å². The zero-order valence-electron chi connectivity index (χ0n) is 9.72. The minimum Gasteiger partial charge on any atom is -0.304 e. The van der Waals surface area contributed by atoms with Crippen LogP contribution in [0.15, 0.2) is 48.5 Å². The van der Waals surface area contributed by atoms with Crippen LogP contribution in [0.2, 0.25) is 0 Å². The third-order valence-corrected chi connectivity index (χ3v) is 2.35. The maximum absolute atomic E-state index is 4.64. The minimum absolute atomic E-state index is 0.876. The Morgan fingerprint density at radius 3 is 2.38 bits per heavy atom. The Hall–Kier alpha value is -1.67. The minimum atomic E-state index is 0.876. The molecule has 0 aliphatic carbocycles. The van der Waals surface area contributed by atoms with Crippen LogP contribution in [0, 0.1) is 0 Å². The van der Waals surface area contributed by atoms with Crippen molar-refractivity contribution < 1.29 is 0 Å². The van der Waals surface area contributed by atoms with Gasteiger partial charge in [-0.05, 0) is 26.2 Å². The molecule has 2 aromatic rings. The second-order valence-electron chi connectivity index (χ2n) is 4.12. The Kier molecular flexibility index (Phi) is 3.32. The van der Waals surface area contributed by atoms with Crippen LogP contribution in [-0.2, 0) is 6.54 Å². The first-order valence-corrected chi connectivity index (χ1v) is 5.42. The van der Waals surface area contributed by atoms with E-state index < -0.39 is 0 Å². The van der Waals surface area contributed by atoms with Gasteiger partial charge in [0.25, 0.3) is 0 Å². The number of rotatable bonds is 3. The molecule has 0 radical (unpaired) electrons. The molecule has 2 nitrogen and oxygen atoms in total. The van der Waals surface area contributed by atoms with E-state index in [4.69, 9.17) is 0 Å². The van der Waals surface area contributed by atoms with Gasteiger partial charge in [-0.3, -0.25) is 4.98 Å².